The van der Waals surface area contributed by atoms with E-state index in [1.54, 1.807) is 18.5 Å². The van der Waals surface area contributed by atoms with Crippen molar-refractivity contribution in [2.75, 3.05) is 19.1 Å². The number of hydrogen-bond donors (Lipinski definition) is 0. The smallest absolute Gasteiger partial charge is 0.416 e. The second-order valence-corrected chi connectivity index (χ2v) is 6.36. The summed E-state index contributed by atoms with van der Waals surface area (Å²) in [5.41, 5.74) is 1.69. The Morgan fingerprint density at radius 2 is 1.96 bits per heavy atom. The lowest BCUT2D eigenvalue weighted by Gasteiger charge is -2.22. The molecule has 0 N–H and O–H groups in total. The fourth-order valence-electron chi connectivity index (χ4n) is 3.77. The van der Waals surface area contributed by atoms with Gasteiger partial charge in [-0.25, -0.2) is 14.5 Å². The highest BCUT2D eigenvalue weighted by Gasteiger charge is 2.37. The normalized spacial score (nSPS) is 15.5. The van der Waals surface area contributed by atoms with Crippen molar-refractivity contribution in [2.45, 2.75) is 44.9 Å². The second kappa shape index (κ2) is 6.63. The lowest BCUT2D eigenvalue weighted by molar-refractivity contribution is -0.554. The Kier molecular flexibility index (Phi) is 4.55. The molecule has 2 heterocycles. The first kappa shape index (κ1) is 16.5. The van der Waals surface area contributed by atoms with Crippen LogP contribution in [0.25, 0.3) is 5.65 Å². The zero-order chi connectivity index (χ0) is 17.3. The molecule has 6 nitrogen and oxygen atoms in total. The molecule has 6 heteroatoms. The summed E-state index contributed by atoms with van der Waals surface area (Å²) in [7, 11) is 3.06. The van der Waals surface area contributed by atoms with Crippen LogP contribution in [-0.2, 0) is 4.74 Å². The Labute approximate surface area is 141 Å². The monoisotopic (exact) mass is 330 g/mol. The SMILES string of the molecule is COC(=O)N(C)c1c(C2CCCCC2)[n+](C(C)=O)c2ccccn12. The number of carbonyl (C=O) groups is 2. The topological polar surface area (TPSA) is 54.9 Å². The molecule has 2 aromatic heterocycles. The van der Waals surface area contributed by atoms with Gasteiger partial charge in [0, 0.05) is 26.0 Å². The number of amides is 1. The van der Waals surface area contributed by atoms with E-state index in [0.717, 1.165) is 42.8 Å². The molecule has 128 valence electrons. The van der Waals surface area contributed by atoms with Crippen molar-refractivity contribution in [1.82, 2.24) is 4.40 Å². The summed E-state index contributed by atoms with van der Waals surface area (Å²) in [5.74, 6) is 0.952. The molecule has 0 radical (unpaired) electrons. The zero-order valence-corrected chi connectivity index (χ0v) is 14.5. The van der Waals surface area contributed by atoms with E-state index in [-0.39, 0.29) is 11.8 Å². The van der Waals surface area contributed by atoms with Crippen molar-refractivity contribution in [2.24, 2.45) is 0 Å². The van der Waals surface area contributed by atoms with Crippen LogP contribution in [0.4, 0.5) is 10.6 Å². The van der Waals surface area contributed by atoms with E-state index in [4.69, 9.17) is 4.74 Å². The van der Waals surface area contributed by atoms with Gasteiger partial charge in [0.2, 0.25) is 0 Å². The number of aromatic nitrogens is 2. The van der Waals surface area contributed by atoms with Crippen LogP contribution in [0, 0.1) is 0 Å². The summed E-state index contributed by atoms with van der Waals surface area (Å²) >= 11 is 0. The Morgan fingerprint density at radius 3 is 2.58 bits per heavy atom. The maximum absolute atomic E-state index is 12.4. The Balaban J connectivity index is 2.29. The van der Waals surface area contributed by atoms with E-state index in [1.807, 2.05) is 28.8 Å². The van der Waals surface area contributed by atoms with Gasteiger partial charge in [-0.2, -0.15) is 8.97 Å². The minimum atomic E-state index is -0.439. The van der Waals surface area contributed by atoms with Gasteiger partial charge in [-0.05, 0) is 18.9 Å². The van der Waals surface area contributed by atoms with Crippen LogP contribution in [0.3, 0.4) is 0 Å². The molecule has 1 amide bonds. The molecule has 0 spiro atoms. The summed E-state index contributed by atoms with van der Waals surface area (Å²) < 4.78 is 8.57. The Bertz CT molecular complexity index is 775. The van der Waals surface area contributed by atoms with Gasteiger partial charge in [-0.3, -0.25) is 0 Å². The fourth-order valence-corrected chi connectivity index (χ4v) is 3.77. The van der Waals surface area contributed by atoms with Gasteiger partial charge >= 0.3 is 12.0 Å². The average molecular weight is 330 g/mol. The third kappa shape index (κ3) is 2.66. The summed E-state index contributed by atoms with van der Waals surface area (Å²) in [6.45, 7) is 1.57. The van der Waals surface area contributed by atoms with Crippen LogP contribution < -0.4 is 9.47 Å². The minimum Gasteiger partial charge on any atom is -0.452 e. The average Bonchev–Trinajstić information content (AvgIpc) is 2.96. The fraction of sp³-hybridized carbons (Fsp3) is 0.500. The van der Waals surface area contributed by atoms with Crippen molar-refractivity contribution in [1.29, 1.82) is 0 Å². The second-order valence-electron chi connectivity index (χ2n) is 6.36. The summed E-state index contributed by atoms with van der Waals surface area (Å²) in [5, 5.41) is 0. The Morgan fingerprint density at radius 1 is 1.25 bits per heavy atom. The lowest BCUT2D eigenvalue weighted by Crippen LogP contribution is -2.45. The quantitative estimate of drug-likeness (QED) is 0.795. The molecule has 2 aromatic rings. The van der Waals surface area contributed by atoms with Gasteiger partial charge < -0.3 is 4.74 Å². The van der Waals surface area contributed by atoms with Crippen LogP contribution >= 0.6 is 0 Å². The standard InChI is InChI=1S/C18H24N3O3/c1-13(22)21-15-11-7-8-12-20(15)17(19(2)18(23)24-3)16(21)14-9-5-4-6-10-14/h7-8,11-12,14H,4-6,9-10H2,1-3H3/q+1. The number of hydrogen-bond acceptors (Lipinski definition) is 3. The van der Waals surface area contributed by atoms with E-state index < -0.39 is 6.09 Å². The van der Waals surface area contributed by atoms with E-state index in [0.29, 0.717) is 0 Å². The van der Waals surface area contributed by atoms with Gasteiger partial charge in [0.1, 0.15) is 0 Å². The number of carbonyl (C=O) groups excluding carboxylic acids is 2. The number of ether oxygens (including phenoxy) is 1. The van der Waals surface area contributed by atoms with Crippen LogP contribution in [0.15, 0.2) is 24.4 Å². The molecule has 1 aliphatic carbocycles. The number of anilines is 1. The maximum Gasteiger partial charge on any atom is 0.416 e. The third-order valence-corrected chi connectivity index (χ3v) is 4.84. The van der Waals surface area contributed by atoms with Crippen molar-refractivity contribution >= 4 is 23.5 Å². The van der Waals surface area contributed by atoms with Crippen molar-refractivity contribution in [3.8, 4) is 0 Å². The van der Waals surface area contributed by atoms with Crippen LogP contribution in [-0.4, -0.2) is 30.6 Å². The molecule has 1 saturated carbocycles. The number of nitrogens with zero attached hydrogens (tertiary/aromatic N) is 3. The van der Waals surface area contributed by atoms with Gasteiger partial charge in [0.05, 0.1) is 13.3 Å². The van der Waals surface area contributed by atoms with Crippen molar-refractivity contribution in [3.63, 3.8) is 0 Å². The van der Waals surface area contributed by atoms with Crippen LogP contribution in [0.5, 0.6) is 0 Å². The van der Waals surface area contributed by atoms with E-state index in [9.17, 15) is 9.59 Å². The van der Waals surface area contributed by atoms with Crippen LogP contribution in [0.1, 0.15) is 55.4 Å². The van der Waals surface area contributed by atoms with Crippen LogP contribution in [0.2, 0.25) is 0 Å². The Hall–Kier alpha value is -2.37. The van der Waals surface area contributed by atoms with E-state index >= 15 is 0 Å². The molecule has 0 aromatic carbocycles. The number of imidazole rings is 1. The molecule has 0 unspecified atom stereocenters. The lowest BCUT2D eigenvalue weighted by atomic mass is 9.86. The minimum absolute atomic E-state index is 0.0382. The highest BCUT2D eigenvalue weighted by atomic mass is 16.5. The van der Waals surface area contributed by atoms with Gasteiger partial charge in [0.25, 0.3) is 11.5 Å². The highest BCUT2D eigenvalue weighted by molar-refractivity contribution is 5.87. The number of rotatable bonds is 2. The largest absolute Gasteiger partial charge is 0.452 e. The van der Waals surface area contributed by atoms with Gasteiger partial charge in [-0.1, -0.05) is 25.3 Å². The molecule has 1 fully saturated rings. The molecular weight excluding hydrogens is 306 g/mol. The first-order valence-electron chi connectivity index (χ1n) is 8.44. The first-order chi connectivity index (χ1) is 11.6. The maximum atomic E-state index is 12.4. The number of pyridine rings is 1. The first-order valence-corrected chi connectivity index (χ1v) is 8.44. The molecule has 0 saturated heterocycles. The zero-order valence-electron chi connectivity index (χ0n) is 14.5. The van der Waals surface area contributed by atoms with Crippen molar-refractivity contribution in [3.05, 3.63) is 30.1 Å². The predicted octanol–water partition coefficient (Wildman–Crippen LogP) is 3.14. The predicted molar refractivity (Wildman–Crippen MR) is 90.5 cm³/mol. The van der Waals surface area contributed by atoms with Crippen molar-refractivity contribution < 1.29 is 18.9 Å². The van der Waals surface area contributed by atoms with Gasteiger partial charge in [-0.15, -0.1) is 0 Å². The molecule has 1 aliphatic rings. The summed E-state index contributed by atoms with van der Waals surface area (Å²) in [6.07, 6.45) is 7.04. The molecule has 0 aliphatic heterocycles. The third-order valence-electron chi connectivity index (χ3n) is 4.84. The number of fused-ring (bicyclic) bond motifs is 1. The number of methoxy groups -OCH3 is 1. The van der Waals surface area contributed by atoms with E-state index in [2.05, 4.69) is 0 Å². The molecule has 3 rings (SSSR count). The molecule has 24 heavy (non-hydrogen) atoms. The molecular formula is C18H24N3O3+. The summed E-state index contributed by atoms with van der Waals surface area (Å²) in [4.78, 5) is 26.1. The molecule has 0 bridgehead atoms. The van der Waals surface area contributed by atoms with Gasteiger partial charge in [0.15, 0.2) is 5.69 Å². The van der Waals surface area contributed by atoms with E-state index in [1.165, 1.54) is 18.4 Å². The summed E-state index contributed by atoms with van der Waals surface area (Å²) in [6, 6.07) is 5.71. The molecule has 0 atom stereocenters. The highest BCUT2D eigenvalue weighted by Crippen LogP contribution is 2.37.